The van der Waals surface area contributed by atoms with Crippen molar-refractivity contribution in [2.24, 2.45) is 0 Å². The van der Waals surface area contributed by atoms with Gasteiger partial charge < -0.3 is 19.3 Å². The molecule has 0 heterocycles. The smallest absolute Gasteiger partial charge is 0.138 e. The predicted molar refractivity (Wildman–Crippen MR) is 82.8 cm³/mol. The molecule has 0 aliphatic heterocycles. The van der Waals surface area contributed by atoms with Crippen LogP contribution in [0.4, 0.5) is 0 Å². The summed E-state index contributed by atoms with van der Waals surface area (Å²) in [4.78, 5) is 0. The van der Waals surface area contributed by atoms with Gasteiger partial charge in [0.1, 0.15) is 23.0 Å². The third kappa shape index (κ3) is 1.83. The largest absolute Gasteiger partial charge is 0.507 e. The molecule has 0 atom stereocenters. The summed E-state index contributed by atoms with van der Waals surface area (Å²) < 4.78 is 16.6. The summed E-state index contributed by atoms with van der Waals surface area (Å²) >= 11 is 0. The second-order valence-corrected chi connectivity index (χ2v) is 4.65. The van der Waals surface area contributed by atoms with Crippen LogP contribution in [0.25, 0.3) is 21.5 Å². The lowest BCUT2D eigenvalue weighted by Crippen LogP contribution is -1.95. The third-order valence-electron chi connectivity index (χ3n) is 3.64. The Labute approximate surface area is 122 Å². The molecular weight excluding hydrogens is 268 g/mol. The van der Waals surface area contributed by atoms with E-state index in [1.807, 2.05) is 24.3 Å². The van der Waals surface area contributed by atoms with Gasteiger partial charge in [-0.3, -0.25) is 0 Å². The monoisotopic (exact) mass is 284 g/mol. The average Bonchev–Trinajstić information content (AvgIpc) is 2.52. The molecule has 0 amide bonds. The van der Waals surface area contributed by atoms with E-state index in [9.17, 15) is 5.11 Å². The minimum Gasteiger partial charge on any atom is -0.507 e. The highest BCUT2D eigenvalue weighted by atomic mass is 16.5. The van der Waals surface area contributed by atoms with Gasteiger partial charge in [-0.25, -0.2) is 0 Å². The molecule has 0 aromatic heterocycles. The second kappa shape index (κ2) is 5.05. The maximum Gasteiger partial charge on any atom is 0.138 e. The van der Waals surface area contributed by atoms with E-state index >= 15 is 0 Å². The molecule has 0 bridgehead atoms. The normalized spacial score (nSPS) is 10.8. The number of ether oxygens (including phenoxy) is 3. The Kier molecular flexibility index (Phi) is 3.22. The maximum absolute atomic E-state index is 10.2. The van der Waals surface area contributed by atoms with E-state index < -0.39 is 0 Å². The zero-order valence-corrected chi connectivity index (χ0v) is 12.1. The molecule has 0 saturated carbocycles. The van der Waals surface area contributed by atoms with Crippen molar-refractivity contribution in [2.45, 2.75) is 0 Å². The lowest BCUT2D eigenvalue weighted by atomic mass is 9.99. The van der Waals surface area contributed by atoms with Crippen LogP contribution in [0.15, 0.2) is 36.4 Å². The summed E-state index contributed by atoms with van der Waals surface area (Å²) in [5, 5.41) is 13.3. The number of hydrogen-bond donors (Lipinski definition) is 1. The van der Waals surface area contributed by atoms with Crippen molar-refractivity contribution in [1.82, 2.24) is 0 Å². The second-order valence-electron chi connectivity index (χ2n) is 4.65. The SMILES string of the molecule is COc1cccc2c(OC)c3c(O)cccc3c(OC)c12. The maximum atomic E-state index is 10.2. The van der Waals surface area contributed by atoms with E-state index in [1.54, 1.807) is 33.5 Å². The fourth-order valence-electron chi connectivity index (χ4n) is 2.79. The fraction of sp³-hybridized carbons (Fsp3) is 0.176. The Bertz CT molecular complexity index is 824. The van der Waals surface area contributed by atoms with Crippen molar-refractivity contribution in [2.75, 3.05) is 21.3 Å². The van der Waals surface area contributed by atoms with Crippen LogP contribution in [0.3, 0.4) is 0 Å². The van der Waals surface area contributed by atoms with E-state index in [2.05, 4.69) is 0 Å². The molecule has 1 N–H and O–H groups in total. The van der Waals surface area contributed by atoms with E-state index in [-0.39, 0.29) is 5.75 Å². The first-order chi connectivity index (χ1) is 10.2. The van der Waals surface area contributed by atoms with Crippen LogP contribution in [0.2, 0.25) is 0 Å². The molecule has 108 valence electrons. The van der Waals surface area contributed by atoms with Crippen molar-refractivity contribution in [3.63, 3.8) is 0 Å². The number of phenolic OH excluding ortho intramolecular Hbond substituents is 1. The van der Waals surface area contributed by atoms with Crippen molar-refractivity contribution >= 4 is 21.5 Å². The first-order valence-corrected chi connectivity index (χ1v) is 6.55. The highest BCUT2D eigenvalue weighted by Gasteiger charge is 2.20. The molecule has 3 aromatic carbocycles. The quantitative estimate of drug-likeness (QED) is 0.745. The molecule has 21 heavy (non-hydrogen) atoms. The molecule has 0 spiro atoms. The number of fused-ring (bicyclic) bond motifs is 2. The molecule has 4 nitrogen and oxygen atoms in total. The molecule has 0 unspecified atom stereocenters. The van der Waals surface area contributed by atoms with Crippen LogP contribution in [0.1, 0.15) is 0 Å². The highest BCUT2D eigenvalue weighted by Crippen LogP contribution is 2.48. The number of methoxy groups -OCH3 is 3. The molecule has 4 heteroatoms. The topological polar surface area (TPSA) is 47.9 Å². The van der Waals surface area contributed by atoms with Gasteiger partial charge in [-0.15, -0.1) is 0 Å². The lowest BCUT2D eigenvalue weighted by molar-refractivity contribution is 0.403. The number of aromatic hydroxyl groups is 1. The number of benzene rings is 3. The molecule has 0 aliphatic rings. The average molecular weight is 284 g/mol. The van der Waals surface area contributed by atoms with E-state index in [1.165, 1.54) is 0 Å². The molecule has 0 saturated heterocycles. The van der Waals surface area contributed by atoms with Crippen molar-refractivity contribution in [3.8, 4) is 23.0 Å². The van der Waals surface area contributed by atoms with Crippen LogP contribution in [-0.4, -0.2) is 26.4 Å². The Hall–Kier alpha value is -2.62. The summed E-state index contributed by atoms with van der Waals surface area (Å²) in [6, 6.07) is 11.0. The Morgan fingerprint density at radius 2 is 1.29 bits per heavy atom. The van der Waals surface area contributed by atoms with Crippen LogP contribution < -0.4 is 14.2 Å². The van der Waals surface area contributed by atoms with Gasteiger partial charge in [0.05, 0.1) is 32.1 Å². The van der Waals surface area contributed by atoms with Crippen LogP contribution >= 0.6 is 0 Å². The zero-order chi connectivity index (χ0) is 15.0. The molecule has 3 rings (SSSR count). The van der Waals surface area contributed by atoms with E-state index in [0.717, 1.165) is 16.2 Å². The molecule has 0 fully saturated rings. The number of hydrogen-bond acceptors (Lipinski definition) is 4. The zero-order valence-electron chi connectivity index (χ0n) is 12.1. The van der Waals surface area contributed by atoms with Gasteiger partial charge in [-0.2, -0.15) is 0 Å². The number of rotatable bonds is 3. The number of phenols is 1. The summed E-state index contributed by atoms with van der Waals surface area (Å²) in [6.07, 6.45) is 0. The van der Waals surface area contributed by atoms with Crippen molar-refractivity contribution in [1.29, 1.82) is 0 Å². The van der Waals surface area contributed by atoms with E-state index in [0.29, 0.717) is 22.6 Å². The standard InChI is InChI=1S/C17H16O4/c1-19-13-9-5-7-11-15(13)17(21-3)10-6-4-8-12(18)14(10)16(11)20-2/h4-9,18H,1-3H3. The molecule has 0 radical (unpaired) electrons. The fourth-order valence-corrected chi connectivity index (χ4v) is 2.79. The summed E-state index contributed by atoms with van der Waals surface area (Å²) in [5.41, 5.74) is 0. The highest BCUT2D eigenvalue weighted by molar-refractivity contribution is 6.14. The summed E-state index contributed by atoms with van der Waals surface area (Å²) in [6.45, 7) is 0. The van der Waals surface area contributed by atoms with Crippen molar-refractivity contribution in [3.05, 3.63) is 36.4 Å². The van der Waals surface area contributed by atoms with Gasteiger partial charge in [-0.05, 0) is 12.1 Å². The summed E-state index contributed by atoms with van der Waals surface area (Å²) in [5.74, 6) is 2.13. The van der Waals surface area contributed by atoms with Crippen LogP contribution in [0, 0.1) is 0 Å². The van der Waals surface area contributed by atoms with Crippen LogP contribution in [0.5, 0.6) is 23.0 Å². The third-order valence-corrected chi connectivity index (χ3v) is 3.64. The minimum atomic E-state index is 0.160. The van der Waals surface area contributed by atoms with Gasteiger partial charge in [-0.1, -0.05) is 24.3 Å². The van der Waals surface area contributed by atoms with Gasteiger partial charge in [0, 0.05) is 10.8 Å². The van der Waals surface area contributed by atoms with Crippen molar-refractivity contribution < 1.29 is 19.3 Å². The minimum absolute atomic E-state index is 0.160. The Balaban J connectivity index is 2.66. The van der Waals surface area contributed by atoms with Crippen LogP contribution in [-0.2, 0) is 0 Å². The first-order valence-electron chi connectivity index (χ1n) is 6.55. The first kappa shape index (κ1) is 13.4. The summed E-state index contributed by atoms with van der Waals surface area (Å²) in [7, 11) is 4.82. The molecule has 0 aliphatic carbocycles. The predicted octanol–water partition coefficient (Wildman–Crippen LogP) is 3.72. The van der Waals surface area contributed by atoms with Gasteiger partial charge in [0.15, 0.2) is 0 Å². The molecular formula is C17H16O4. The Morgan fingerprint density at radius 1 is 0.714 bits per heavy atom. The lowest BCUT2D eigenvalue weighted by Gasteiger charge is -2.17. The van der Waals surface area contributed by atoms with E-state index in [4.69, 9.17) is 14.2 Å². The molecule has 3 aromatic rings. The van der Waals surface area contributed by atoms with Gasteiger partial charge in [0.25, 0.3) is 0 Å². The Morgan fingerprint density at radius 3 is 1.90 bits per heavy atom. The van der Waals surface area contributed by atoms with Gasteiger partial charge in [0.2, 0.25) is 0 Å². The van der Waals surface area contributed by atoms with Gasteiger partial charge >= 0.3 is 0 Å².